The van der Waals surface area contributed by atoms with Crippen molar-refractivity contribution in [2.45, 2.75) is 37.4 Å². The number of rotatable bonds is 6. The Kier molecular flexibility index (Phi) is 5.44. The van der Waals surface area contributed by atoms with Gasteiger partial charge in [-0.2, -0.15) is 0 Å². The van der Waals surface area contributed by atoms with Crippen molar-refractivity contribution in [2.24, 2.45) is 0 Å². The van der Waals surface area contributed by atoms with Crippen molar-refractivity contribution in [1.82, 2.24) is 4.72 Å². The number of aryl methyl sites for hydroxylation is 1. The van der Waals surface area contributed by atoms with Crippen molar-refractivity contribution < 1.29 is 22.6 Å². The Morgan fingerprint density at radius 1 is 1.32 bits per heavy atom. The van der Waals surface area contributed by atoms with E-state index in [0.717, 1.165) is 12.0 Å². The van der Waals surface area contributed by atoms with Gasteiger partial charge < -0.3 is 14.2 Å². The first-order valence-corrected chi connectivity index (χ1v) is 8.77. The maximum Gasteiger partial charge on any atom is 0.240 e. The quantitative estimate of drug-likeness (QED) is 0.862. The molecule has 0 bridgehead atoms. The summed E-state index contributed by atoms with van der Waals surface area (Å²) in [5.41, 5.74) is 0.774. The van der Waals surface area contributed by atoms with Crippen LogP contribution < -0.4 is 9.46 Å². The van der Waals surface area contributed by atoms with Crippen LogP contribution in [0, 0.1) is 6.92 Å². The first-order valence-electron chi connectivity index (χ1n) is 7.28. The summed E-state index contributed by atoms with van der Waals surface area (Å²) in [5.74, 6) is -0.0492. The maximum absolute atomic E-state index is 12.3. The third-order valence-corrected chi connectivity index (χ3v) is 5.11. The Labute approximate surface area is 131 Å². The number of hydrogen-bond donors (Lipinski definition) is 1. The number of methoxy groups -OCH3 is 1. The highest BCUT2D eigenvalue weighted by Gasteiger charge is 2.29. The van der Waals surface area contributed by atoms with E-state index in [9.17, 15) is 8.42 Å². The predicted molar refractivity (Wildman–Crippen MR) is 82.5 cm³/mol. The largest absolute Gasteiger partial charge is 0.496 e. The molecule has 0 amide bonds. The number of nitrogens with one attached hydrogen (secondary N) is 1. The average molecular weight is 329 g/mol. The van der Waals surface area contributed by atoms with Crippen LogP contribution in [0.5, 0.6) is 5.75 Å². The molecule has 6 nitrogen and oxygen atoms in total. The molecule has 1 saturated heterocycles. The standard InChI is InChI=1S/C15H23NO5S/c1-12-11-13(5-6-14(12)19-3)22(17,18)16-8-7-15(2)20-9-4-10-21-15/h5-6,11,16H,4,7-10H2,1-3H3. The van der Waals surface area contributed by atoms with Crippen LogP contribution in [0.15, 0.2) is 23.1 Å². The number of hydrogen-bond acceptors (Lipinski definition) is 5. The first-order chi connectivity index (χ1) is 10.4. The molecule has 0 radical (unpaired) electrons. The third kappa shape index (κ3) is 4.19. The first kappa shape index (κ1) is 17.2. The number of benzene rings is 1. The van der Waals surface area contributed by atoms with Crippen LogP contribution in [-0.2, 0) is 19.5 Å². The van der Waals surface area contributed by atoms with Gasteiger partial charge in [0, 0.05) is 13.0 Å². The minimum Gasteiger partial charge on any atom is -0.496 e. The van der Waals surface area contributed by atoms with Gasteiger partial charge in [-0.05, 0) is 44.0 Å². The molecule has 0 unspecified atom stereocenters. The van der Waals surface area contributed by atoms with E-state index in [0.29, 0.717) is 25.4 Å². The molecule has 22 heavy (non-hydrogen) atoms. The van der Waals surface area contributed by atoms with E-state index in [4.69, 9.17) is 14.2 Å². The van der Waals surface area contributed by atoms with E-state index in [1.54, 1.807) is 19.2 Å². The fourth-order valence-electron chi connectivity index (χ4n) is 2.33. The van der Waals surface area contributed by atoms with Gasteiger partial charge in [-0.3, -0.25) is 0 Å². The highest BCUT2D eigenvalue weighted by Crippen LogP contribution is 2.23. The van der Waals surface area contributed by atoms with E-state index >= 15 is 0 Å². The SMILES string of the molecule is COc1ccc(S(=O)(=O)NCCC2(C)OCCCO2)cc1C. The highest BCUT2D eigenvalue weighted by molar-refractivity contribution is 7.89. The normalized spacial score (nSPS) is 18.1. The number of sulfonamides is 1. The molecular weight excluding hydrogens is 306 g/mol. The zero-order valence-corrected chi connectivity index (χ0v) is 14.0. The molecule has 1 fully saturated rings. The summed E-state index contributed by atoms with van der Waals surface area (Å²) < 4.78 is 43.4. The summed E-state index contributed by atoms with van der Waals surface area (Å²) >= 11 is 0. The molecule has 0 aromatic heterocycles. The maximum atomic E-state index is 12.3. The summed E-state index contributed by atoms with van der Waals surface area (Å²) in [6.07, 6.45) is 1.33. The van der Waals surface area contributed by atoms with Crippen LogP contribution in [0.3, 0.4) is 0 Å². The topological polar surface area (TPSA) is 73.9 Å². The lowest BCUT2D eigenvalue weighted by Gasteiger charge is -2.33. The van der Waals surface area contributed by atoms with Gasteiger partial charge in [0.15, 0.2) is 5.79 Å². The molecule has 124 valence electrons. The zero-order chi connectivity index (χ0) is 16.2. The van der Waals surface area contributed by atoms with Crippen LogP contribution in [0.4, 0.5) is 0 Å². The van der Waals surface area contributed by atoms with Gasteiger partial charge >= 0.3 is 0 Å². The molecule has 7 heteroatoms. The molecule has 0 atom stereocenters. The lowest BCUT2D eigenvalue weighted by Crippen LogP contribution is -2.40. The van der Waals surface area contributed by atoms with Crippen molar-refractivity contribution in [2.75, 3.05) is 26.9 Å². The second-order valence-electron chi connectivity index (χ2n) is 5.46. The van der Waals surface area contributed by atoms with Crippen LogP contribution >= 0.6 is 0 Å². The van der Waals surface area contributed by atoms with E-state index in [-0.39, 0.29) is 11.4 Å². The van der Waals surface area contributed by atoms with Gasteiger partial charge in [0.2, 0.25) is 10.0 Å². The molecule has 1 aromatic rings. The second-order valence-corrected chi connectivity index (χ2v) is 7.23. The minimum atomic E-state index is -3.55. The summed E-state index contributed by atoms with van der Waals surface area (Å²) in [5, 5.41) is 0. The van der Waals surface area contributed by atoms with Gasteiger partial charge in [0.25, 0.3) is 0 Å². The van der Waals surface area contributed by atoms with Crippen LogP contribution in [0.1, 0.15) is 25.3 Å². The molecule has 1 heterocycles. The van der Waals surface area contributed by atoms with Crippen molar-refractivity contribution in [3.8, 4) is 5.75 Å². The number of ether oxygens (including phenoxy) is 3. The van der Waals surface area contributed by atoms with Gasteiger partial charge in [0.1, 0.15) is 5.75 Å². The fourth-order valence-corrected chi connectivity index (χ4v) is 3.45. The van der Waals surface area contributed by atoms with Gasteiger partial charge in [-0.15, -0.1) is 0 Å². The van der Waals surface area contributed by atoms with E-state index in [1.807, 2.05) is 13.8 Å². The molecule has 1 aliphatic heterocycles. The summed E-state index contributed by atoms with van der Waals surface area (Å²) in [6.45, 7) is 5.17. The van der Waals surface area contributed by atoms with Crippen molar-refractivity contribution in [3.05, 3.63) is 23.8 Å². The Morgan fingerprint density at radius 3 is 2.59 bits per heavy atom. The Morgan fingerprint density at radius 2 is 2.00 bits per heavy atom. The molecule has 0 spiro atoms. The van der Waals surface area contributed by atoms with E-state index in [1.165, 1.54) is 6.07 Å². The molecule has 1 aromatic carbocycles. The third-order valence-electron chi connectivity index (χ3n) is 3.65. The van der Waals surface area contributed by atoms with E-state index in [2.05, 4.69) is 4.72 Å². The second kappa shape index (κ2) is 6.95. The van der Waals surface area contributed by atoms with Gasteiger partial charge in [0.05, 0.1) is 25.2 Å². The lowest BCUT2D eigenvalue weighted by molar-refractivity contribution is -0.257. The van der Waals surface area contributed by atoms with Gasteiger partial charge in [-0.25, -0.2) is 13.1 Å². The smallest absolute Gasteiger partial charge is 0.240 e. The fraction of sp³-hybridized carbons (Fsp3) is 0.600. The van der Waals surface area contributed by atoms with E-state index < -0.39 is 15.8 Å². The summed E-state index contributed by atoms with van der Waals surface area (Å²) in [6, 6.07) is 4.78. The molecule has 2 rings (SSSR count). The molecule has 0 saturated carbocycles. The van der Waals surface area contributed by atoms with Crippen LogP contribution in [-0.4, -0.2) is 41.1 Å². The molecule has 0 aliphatic carbocycles. The molecule has 1 N–H and O–H groups in total. The summed E-state index contributed by atoms with van der Waals surface area (Å²) in [4.78, 5) is 0.224. The van der Waals surface area contributed by atoms with Crippen molar-refractivity contribution in [1.29, 1.82) is 0 Å². The Hall–Kier alpha value is -1.15. The average Bonchev–Trinajstić information content (AvgIpc) is 2.47. The lowest BCUT2D eigenvalue weighted by atomic mass is 10.2. The van der Waals surface area contributed by atoms with Crippen LogP contribution in [0.2, 0.25) is 0 Å². The highest BCUT2D eigenvalue weighted by atomic mass is 32.2. The van der Waals surface area contributed by atoms with Crippen molar-refractivity contribution >= 4 is 10.0 Å². The Balaban J connectivity index is 1.97. The predicted octanol–water partition coefficient (Wildman–Crippen LogP) is 1.83. The summed E-state index contributed by atoms with van der Waals surface area (Å²) in [7, 11) is -2.00. The van der Waals surface area contributed by atoms with Gasteiger partial charge in [-0.1, -0.05) is 0 Å². The van der Waals surface area contributed by atoms with Crippen LogP contribution in [0.25, 0.3) is 0 Å². The zero-order valence-electron chi connectivity index (χ0n) is 13.2. The molecular formula is C15H23NO5S. The van der Waals surface area contributed by atoms with Crippen molar-refractivity contribution in [3.63, 3.8) is 0 Å². The minimum absolute atomic E-state index is 0.224. The Bertz CT molecular complexity index is 608. The monoisotopic (exact) mass is 329 g/mol. The molecule has 1 aliphatic rings.